The number of carbonyl (C=O) groups is 1. The fraction of sp³-hybridized carbons (Fsp3) is 0.100. The van der Waals surface area contributed by atoms with Crippen molar-refractivity contribution in [2.24, 2.45) is 4.99 Å². The van der Waals surface area contributed by atoms with Gasteiger partial charge in [-0.2, -0.15) is 0 Å². The summed E-state index contributed by atoms with van der Waals surface area (Å²) in [5, 5.41) is 9.75. The van der Waals surface area contributed by atoms with E-state index in [4.69, 9.17) is 16.7 Å². The minimum atomic E-state index is -0.962. The zero-order chi connectivity index (χ0) is 18.0. The van der Waals surface area contributed by atoms with E-state index < -0.39 is 5.97 Å². The number of rotatable bonds is 4. The highest BCUT2D eigenvalue weighted by molar-refractivity contribution is 6.30. The summed E-state index contributed by atoms with van der Waals surface area (Å²) in [6.07, 6.45) is 1.75. The van der Waals surface area contributed by atoms with Crippen molar-refractivity contribution >= 4 is 29.5 Å². The molecule has 0 unspecified atom stereocenters. The Bertz CT molecular complexity index is 974. The topological polar surface area (TPSA) is 54.6 Å². The molecule has 0 atom stereocenters. The minimum Gasteiger partial charge on any atom is -0.478 e. The molecule has 126 valence electrons. The van der Waals surface area contributed by atoms with Gasteiger partial charge in [0, 0.05) is 33.9 Å². The van der Waals surface area contributed by atoms with Gasteiger partial charge in [-0.1, -0.05) is 23.7 Å². The van der Waals surface area contributed by atoms with Gasteiger partial charge in [-0.15, -0.1) is 0 Å². The van der Waals surface area contributed by atoms with Crippen LogP contribution in [0.25, 0.3) is 5.69 Å². The van der Waals surface area contributed by atoms with E-state index in [-0.39, 0.29) is 5.56 Å². The van der Waals surface area contributed by atoms with Gasteiger partial charge in [0.1, 0.15) is 0 Å². The number of hydrogen-bond donors (Lipinski definition) is 1. The monoisotopic (exact) mass is 352 g/mol. The van der Waals surface area contributed by atoms with Crippen molar-refractivity contribution in [1.29, 1.82) is 0 Å². The first kappa shape index (κ1) is 17.0. The number of aryl methyl sites for hydroxylation is 1. The molecular weight excluding hydrogens is 336 g/mol. The molecule has 0 amide bonds. The Kier molecular flexibility index (Phi) is 4.72. The molecule has 0 saturated carbocycles. The first-order valence-corrected chi connectivity index (χ1v) is 8.16. The highest BCUT2D eigenvalue weighted by Gasteiger charge is 2.10. The van der Waals surface area contributed by atoms with Gasteiger partial charge < -0.3 is 9.67 Å². The highest BCUT2D eigenvalue weighted by Crippen LogP contribution is 2.23. The maximum atomic E-state index is 11.0. The Balaban J connectivity index is 1.96. The molecule has 0 aliphatic carbocycles. The van der Waals surface area contributed by atoms with Gasteiger partial charge in [0.25, 0.3) is 0 Å². The number of aromatic nitrogens is 1. The molecule has 1 aromatic heterocycles. The van der Waals surface area contributed by atoms with E-state index in [9.17, 15) is 4.79 Å². The smallest absolute Gasteiger partial charge is 0.335 e. The van der Waals surface area contributed by atoms with E-state index in [0.717, 1.165) is 22.6 Å². The predicted molar refractivity (Wildman–Crippen MR) is 101 cm³/mol. The molecule has 4 nitrogen and oxygen atoms in total. The number of carboxylic acids is 1. The lowest BCUT2D eigenvalue weighted by atomic mass is 10.2. The van der Waals surface area contributed by atoms with E-state index in [1.807, 2.05) is 44.2 Å². The fourth-order valence-corrected chi connectivity index (χ4v) is 2.98. The minimum absolute atomic E-state index is 0.221. The van der Waals surface area contributed by atoms with Gasteiger partial charge in [-0.25, -0.2) is 4.79 Å². The lowest BCUT2D eigenvalue weighted by Gasteiger charge is -2.09. The van der Waals surface area contributed by atoms with Crippen molar-refractivity contribution in [3.05, 3.63) is 82.1 Å². The van der Waals surface area contributed by atoms with Crippen LogP contribution in [-0.4, -0.2) is 21.9 Å². The van der Waals surface area contributed by atoms with Gasteiger partial charge in [-0.05, 0) is 56.3 Å². The summed E-state index contributed by atoms with van der Waals surface area (Å²) in [5.74, 6) is -0.962. The van der Waals surface area contributed by atoms with Crippen LogP contribution in [0.15, 0.2) is 59.6 Å². The summed E-state index contributed by atoms with van der Waals surface area (Å²) >= 11 is 6.10. The van der Waals surface area contributed by atoms with Crippen molar-refractivity contribution in [3.8, 4) is 5.69 Å². The van der Waals surface area contributed by atoms with Gasteiger partial charge in [0.2, 0.25) is 0 Å². The molecule has 1 N–H and O–H groups in total. The molecular formula is C20H17ClN2O2. The maximum absolute atomic E-state index is 11.0. The van der Waals surface area contributed by atoms with Crippen molar-refractivity contribution in [1.82, 2.24) is 4.57 Å². The summed E-state index contributed by atoms with van der Waals surface area (Å²) in [6, 6.07) is 16.3. The maximum Gasteiger partial charge on any atom is 0.335 e. The third-order valence-corrected chi connectivity index (χ3v) is 4.22. The van der Waals surface area contributed by atoms with Crippen LogP contribution in [0.4, 0.5) is 5.69 Å². The lowest BCUT2D eigenvalue weighted by Crippen LogP contribution is -1.99. The average Bonchev–Trinajstić information content (AvgIpc) is 2.87. The largest absolute Gasteiger partial charge is 0.478 e. The Morgan fingerprint density at radius 1 is 1.12 bits per heavy atom. The van der Waals surface area contributed by atoms with E-state index in [2.05, 4.69) is 9.56 Å². The molecule has 0 fully saturated rings. The normalized spacial score (nSPS) is 11.2. The zero-order valence-corrected chi connectivity index (χ0v) is 14.7. The van der Waals surface area contributed by atoms with Crippen molar-refractivity contribution in [2.45, 2.75) is 13.8 Å². The van der Waals surface area contributed by atoms with Crippen LogP contribution in [0, 0.1) is 13.8 Å². The molecule has 3 aromatic rings. The third-order valence-electron chi connectivity index (χ3n) is 3.98. The summed E-state index contributed by atoms with van der Waals surface area (Å²) in [6.45, 7) is 4.04. The van der Waals surface area contributed by atoms with Crippen LogP contribution < -0.4 is 0 Å². The molecule has 2 aromatic carbocycles. The number of halogens is 1. The Morgan fingerprint density at radius 3 is 2.60 bits per heavy atom. The van der Waals surface area contributed by atoms with E-state index in [0.29, 0.717) is 10.7 Å². The first-order valence-electron chi connectivity index (χ1n) is 7.78. The summed E-state index contributed by atoms with van der Waals surface area (Å²) in [7, 11) is 0. The molecule has 0 radical (unpaired) electrons. The van der Waals surface area contributed by atoms with Gasteiger partial charge >= 0.3 is 5.97 Å². The van der Waals surface area contributed by atoms with E-state index in [1.54, 1.807) is 30.5 Å². The third kappa shape index (κ3) is 3.64. The van der Waals surface area contributed by atoms with Crippen LogP contribution in [0.1, 0.15) is 27.3 Å². The van der Waals surface area contributed by atoms with Crippen molar-refractivity contribution in [3.63, 3.8) is 0 Å². The second-order valence-corrected chi connectivity index (χ2v) is 6.19. The standard InChI is InChI=1S/C20H17ClN2O2/c1-13-9-16(12-22-18-7-3-5-15(10-18)20(24)25)14(2)23(13)19-8-4-6-17(21)11-19/h3-12H,1-2H3,(H,24,25). The Labute approximate surface area is 151 Å². The number of nitrogens with zero attached hydrogens (tertiary/aromatic N) is 2. The molecule has 0 aliphatic heterocycles. The molecule has 25 heavy (non-hydrogen) atoms. The number of aliphatic imine (C=N–C) groups is 1. The van der Waals surface area contributed by atoms with Crippen LogP contribution in [0.3, 0.4) is 0 Å². The second-order valence-electron chi connectivity index (χ2n) is 5.76. The molecule has 5 heteroatoms. The number of carboxylic acid groups (broad SMARTS) is 1. The Hall–Kier alpha value is -2.85. The summed E-state index contributed by atoms with van der Waals surface area (Å²) in [5.41, 5.74) is 4.90. The molecule has 0 bridgehead atoms. The van der Waals surface area contributed by atoms with Gasteiger partial charge in [0.15, 0.2) is 0 Å². The van der Waals surface area contributed by atoms with E-state index >= 15 is 0 Å². The zero-order valence-electron chi connectivity index (χ0n) is 13.9. The molecule has 1 heterocycles. The SMILES string of the molecule is Cc1cc(C=Nc2cccc(C(=O)O)c2)c(C)n1-c1cccc(Cl)c1. The average molecular weight is 353 g/mol. The summed E-state index contributed by atoms with van der Waals surface area (Å²) in [4.78, 5) is 15.5. The van der Waals surface area contributed by atoms with Gasteiger partial charge in [0.05, 0.1) is 11.3 Å². The van der Waals surface area contributed by atoms with Crippen molar-refractivity contribution in [2.75, 3.05) is 0 Å². The van der Waals surface area contributed by atoms with Crippen LogP contribution in [0.5, 0.6) is 0 Å². The molecule has 3 rings (SSSR count). The molecule has 0 saturated heterocycles. The van der Waals surface area contributed by atoms with Crippen LogP contribution in [-0.2, 0) is 0 Å². The molecule has 0 aliphatic rings. The Morgan fingerprint density at radius 2 is 1.88 bits per heavy atom. The quantitative estimate of drug-likeness (QED) is 0.656. The summed E-state index contributed by atoms with van der Waals surface area (Å²) < 4.78 is 2.11. The lowest BCUT2D eigenvalue weighted by molar-refractivity contribution is 0.0697. The predicted octanol–water partition coefficient (Wildman–Crippen LogP) is 5.20. The number of aromatic carboxylic acids is 1. The van der Waals surface area contributed by atoms with Gasteiger partial charge in [-0.3, -0.25) is 4.99 Å². The second kappa shape index (κ2) is 6.95. The first-order chi connectivity index (χ1) is 12.0. The number of benzene rings is 2. The fourth-order valence-electron chi connectivity index (χ4n) is 2.79. The highest BCUT2D eigenvalue weighted by atomic mass is 35.5. The molecule has 0 spiro atoms. The van der Waals surface area contributed by atoms with Crippen molar-refractivity contribution < 1.29 is 9.90 Å². The number of hydrogen-bond acceptors (Lipinski definition) is 2. The van der Waals surface area contributed by atoms with Crippen LogP contribution in [0.2, 0.25) is 5.02 Å². The van der Waals surface area contributed by atoms with Crippen LogP contribution >= 0.6 is 11.6 Å². The van der Waals surface area contributed by atoms with E-state index in [1.165, 1.54) is 0 Å².